The molecular weight excluding hydrogens is 228 g/mol. The molecule has 0 atom stereocenters. The molecule has 0 amide bonds. The highest BCUT2D eigenvalue weighted by atomic mass is 15.3. The number of hydrogen-bond acceptors (Lipinski definition) is 5. The summed E-state index contributed by atoms with van der Waals surface area (Å²) in [6, 6.07) is 0. The molecule has 0 spiro atoms. The molecule has 0 bridgehead atoms. The quantitative estimate of drug-likeness (QED) is 0.574. The molecule has 1 aromatic rings. The van der Waals surface area contributed by atoms with E-state index in [1.165, 1.54) is 0 Å². The highest BCUT2D eigenvalue weighted by Gasteiger charge is 2.22. The van der Waals surface area contributed by atoms with Crippen molar-refractivity contribution in [1.29, 1.82) is 5.41 Å². The molecule has 6 heteroatoms. The van der Waals surface area contributed by atoms with Crippen molar-refractivity contribution in [3.05, 3.63) is 16.8 Å². The molecule has 1 aromatic heterocycles. The van der Waals surface area contributed by atoms with E-state index >= 15 is 0 Å². The fourth-order valence-electron chi connectivity index (χ4n) is 2.16. The van der Waals surface area contributed by atoms with Gasteiger partial charge in [0.05, 0.1) is 11.3 Å². The summed E-state index contributed by atoms with van der Waals surface area (Å²) in [5.74, 6) is 0.818. The Bertz CT molecular complexity index is 462. The van der Waals surface area contributed by atoms with Crippen LogP contribution in [0.3, 0.4) is 0 Å². The average molecular weight is 248 g/mol. The third kappa shape index (κ3) is 2.28. The molecule has 1 aliphatic rings. The summed E-state index contributed by atoms with van der Waals surface area (Å²) < 4.78 is 0. The number of hydrogen-bond donors (Lipinski definition) is 2. The van der Waals surface area contributed by atoms with E-state index in [4.69, 9.17) is 11.1 Å². The van der Waals surface area contributed by atoms with Crippen molar-refractivity contribution in [2.24, 2.45) is 5.73 Å². The first-order valence-corrected chi connectivity index (χ1v) is 6.12. The predicted octanol–water partition coefficient (Wildman–Crippen LogP) is 0.129. The van der Waals surface area contributed by atoms with Gasteiger partial charge in [-0.15, -0.1) is 5.10 Å². The van der Waals surface area contributed by atoms with E-state index in [1.54, 1.807) is 0 Å². The van der Waals surface area contributed by atoms with Gasteiger partial charge in [0, 0.05) is 26.2 Å². The molecule has 0 radical (unpaired) electrons. The van der Waals surface area contributed by atoms with Crippen LogP contribution >= 0.6 is 0 Å². The number of nitrogens with one attached hydrogen (secondary N) is 1. The lowest BCUT2D eigenvalue weighted by atomic mass is 10.1. The summed E-state index contributed by atoms with van der Waals surface area (Å²) in [7, 11) is 2.11. The minimum Gasteiger partial charge on any atom is -0.384 e. The zero-order valence-electron chi connectivity index (χ0n) is 11.2. The van der Waals surface area contributed by atoms with Crippen molar-refractivity contribution >= 4 is 11.7 Å². The Kier molecular flexibility index (Phi) is 3.47. The zero-order chi connectivity index (χ0) is 13.3. The van der Waals surface area contributed by atoms with Crippen molar-refractivity contribution in [2.75, 3.05) is 38.1 Å². The largest absolute Gasteiger partial charge is 0.384 e. The molecule has 0 aliphatic carbocycles. The summed E-state index contributed by atoms with van der Waals surface area (Å²) in [5, 5.41) is 16.1. The van der Waals surface area contributed by atoms with Gasteiger partial charge >= 0.3 is 0 Å². The second-order valence-corrected chi connectivity index (χ2v) is 4.81. The first-order chi connectivity index (χ1) is 8.50. The number of amidine groups is 1. The third-order valence-corrected chi connectivity index (χ3v) is 3.51. The Hall–Kier alpha value is -1.69. The number of nitrogen functional groups attached to an aromatic ring is 1. The number of piperazine rings is 1. The fourth-order valence-corrected chi connectivity index (χ4v) is 2.16. The van der Waals surface area contributed by atoms with Crippen molar-refractivity contribution < 1.29 is 0 Å². The monoisotopic (exact) mass is 248 g/mol. The summed E-state index contributed by atoms with van der Waals surface area (Å²) in [5.41, 5.74) is 8.21. The molecule has 6 nitrogen and oxygen atoms in total. The van der Waals surface area contributed by atoms with Crippen LogP contribution in [0.25, 0.3) is 0 Å². The molecular formula is C12H20N6. The van der Waals surface area contributed by atoms with Crippen LogP contribution in [0.2, 0.25) is 0 Å². The molecule has 1 fully saturated rings. The van der Waals surface area contributed by atoms with Gasteiger partial charge in [-0.2, -0.15) is 5.10 Å². The molecule has 18 heavy (non-hydrogen) atoms. The van der Waals surface area contributed by atoms with Gasteiger partial charge in [0.15, 0.2) is 5.82 Å². The number of nitrogens with zero attached hydrogens (tertiary/aromatic N) is 4. The van der Waals surface area contributed by atoms with Crippen LogP contribution in [0.5, 0.6) is 0 Å². The highest BCUT2D eigenvalue weighted by molar-refractivity contribution is 6.01. The van der Waals surface area contributed by atoms with Crippen molar-refractivity contribution in [1.82, 2.24) is 15.1 Å². The Morgan fingerprint density at radius 1 is 1.17 bits per heavy atom. The standard InChI is InChI=1S/C12H20N6/c1-8-9(2)15-16-12(10(8)11(13)14)18-6-4-17(3)5-7-18/h4-7H2,1-3H3,(H3,13,14). The van der Waals surface area contributed by atoms with Gasteiger partial charge in [-0.3, -0.25) is 5.41 Å². The molecule has 98 valence electrons. The summed E-state index contributed by atoms with van der Waals surface area (Å²) >= 11 is 0. The van der Waals surface area contributed by atoms with E-state index < -0.39 is 0 Å². The molecule has 2 rings (SSSR count). The smallest absolute Gasteiger partial charge is 0.162 e. The van der Waals surface area contributed by atoms with Gasteiger partial charge in [0.25, 0.3) is 0 Å². The maximum atomic E-state index is 7.74. The van der Waals surface area contributed by atoms with E-state index in [-0.39, 0.29) is 5.84 Å². The van der Waals surface area contributed by atoms with Crippen LogP contribution in [-0.4, -0.2) is 54.2 Å². The molecule has 2 heterocycles. The number of aromatic nitrogens is 2. The Morgan fingerprint density at radius 2 is 1.78 bits per heavy atom. The normalized spacial score (nSPS) is 16.9. The number of rotatable bonds is 2. The molecule has 1 aliphatic heterocycles. The van der Waals surface area contributed by atoms with Crippen molar-refractivity contribution in [3.8, 4) is 0 Å². The van der Waals surface area contributed by atoms with E-state index in [9.17, 15) is 0 Å². The van der Waals surface area contributed by atoms with Crippen LogP contribution in [-0.2, 0) is 0 Å². The number of nitrogens with two attached hydrogens (primary N) is 1. The van der Waals surface area contributed by atoms with Gasteiger partial charge in [-0.1, -0.05) is 0 Å². The number of aryl methyl sites for hydroxylation is 1. The van der Waals surface area contributed by atoms with Gasteiger partial charge in [-0.05, 0) is 26.5 Å². The van der Waals surface area contributed by atoms with Crippen LogP contribution in [0.1, 0.15) is 16.8 Å². The molecule has 0 saturated carbocycles. The Morgan fingerprint density at radius 3 is 2.33 bits per heavy atom. The molecule has 1 saturated heterocycles. The predicted molar refractivity (Wildman–Crippen MR) is 72.2 cm³/mol. The van der Waals surface area contributed by atoms with E-state index in [2.05, 4.69) is 27.0 Å². The minimum absolute atomic E-state index is 0.0689. The minimum atomic E-state index is 0.0689. The van der Waals surface area contributed by atoms with Crippen LogP contribution in [0, 0.1) is 19.3 Å². The average Bonchev–Trinajstić information content (AvgIpc) is 2.33. The van der Waals surface area contributed by atoms with Gasteiger partial charge in [0.1, 0.15) is 5.84 Å². The zero-order valence-corrected chi connectivity index (χ0v) is 11.2. The topological polar surface area (TPSA) is 82.1 Å². The first kappa shape index (κ1) is 12.8. The second-order valence-electron chi connectivity index (χ2n) is 4.81. The van der Waals surface area contributed by atoms with Crippen LogP contribution < -0.4 is 10.6 Å². The van der Waals surface area contributed by atoms with Crippen molar-refractivity contribution in [2.45, 2.75) is 13.8 Å². The lowest BCUT2D eigenvalue weighted by Gasteiger charge is -2.34. The van der Waals surface area contributed by atoms with E-state index in [0.29, 0.717) is 0 Å². The maximum absolute atomic E-state index is 7.74. The van der Waals surface area contributed by atoms with Gasteiger partial charge in [0.2, 0.25) is 0 Å². The summed E-state index contributed by atoms with van der Waals surface area (Å²) in [6.45, 7) is 7.61. The number of anilines is 1. The number of likely N-dealkylation sites (N-methyl/N-ethyl adjacent to an activating group) is 1. The van der Waals surface area contributed by atoms with E-state index in [0.717, 1.165) is 48.8 Å². The molecule has 0 aromatic carbocycles. The Labute approximate surface area is 107 Å². The summed E-state index contributed by atoms with van der Waals surface area (Å²) in [6.07, 6.45) is 0. The van der Waals surface area contributed by atoms with Crippen LogP contribution in [0.15, 0.2) is 0 Å². The SMILES string of the molecule is Cc1nnc(N2CCN(C)CC2)c(C(=N)N)c1C. The van der Waals surface area contributed by atoms with Gasteiger partial charge < -0.3 is 15.5 Å². The fraction of sp³-hybridized carbons (Fsp3) is 0.583. The molecule has 0 unspecified atom stereocenters. The highest BCUT2D eigenvalue weighted by Crippen LogP contribution is 2.22. The second kappa shape index (κ2) is 4.89. The van der Waals surface area contributed by atoms with Crippen LogP contribution in [0.4, 0.5) is 5.82 Å². The molecule has 3 N–H and O–H groups in total. The third-order valence-electron chi connectivity index (χ3n) is 3.51. The summed E-state index contributed by atoms with van der Waals surface area (Å²) in [4.78, 5) is 4.44. The van der Waals surface area contributed by atoms with Crippen molar-refractivity contribution in [3.63, 3.8) is 0 Å². The lowest BCUT2D eigenvalue weighted by Crippen LogP contribution is -2.45. The van der Waals surface area contributed by atoms with Gasteiger partial charge in [-0.25, -0.2) is 0 Å². The van der Waals surface area contributed by atoms with E-state index in [1.807, 2.05) is 13.8 Å². The lowest BCUT2D eigenvalue weighted by molar-refractivity contribution is 0.311. The Balaban J connectivity index is 2.38. The first-order valence-electron chi connectivity index (χ1n) is 6.12. The maximum Gasteiger partial charge on any atom is 0.162 e.